The van der Waals surface area contributed by atoms with Crippen LogP contribution in [0.3, 0.4) is 0 Å². The molecule has 0 saturated carbocycles. The van der Waals surface area contributed by atoms with Gasteiger partial charge in [-0.2, -0.15) is 0 Å². The van der Waals surface area contributed by atoms with Gasteiger partial charge in [0.05, 0.1) is 18.2 Å². The molecular weight excluding hydrogens is 212 g/mol. The lowest BCUT2D eigenvalue weighted by molar-refractivity contribution is 0.268. The van der Waals surface area contributed by atoms with Crippen LogP contribution in [-0.2, 0) is 0 Å². The first-order chi connectivity index (χ1) is 8.06. The molecule has 0 spiro atoms. The summed E-state index contributed by atoms with van der Waals surface area (Å²) in [5, 5.41) is 10.4. The maximum Gasteiger partial charge on any atom is 0.0625 e. The number of hydrogen-bond donors (Lipinski definition) is 2. The number of hydrogen-bond acceptors (Lipinski definition) is 2. The Labute approximate surface area is 102 Å². The number of rotatable bonds is 3. The van der Waals surface area contributed by atoms with E-state index in [1.54, 1.807) is 0 Å². The number of aliphatic hydroxyl groups excluding tert-OH is 1. The van der Waals surface area contributed by atoms with Gasteiger partial charge in [0.25, 0.3) is 0 Å². The van der Waals surface area contributed by atoms with Gasteiger partial charge in [0.15, 0.2) is 0 Å². The zero-order chi connectivity index (χ0) is 12.6. The van der Waals surface area contributed by atoms with Crippen LogP contribution in [0.25, 0.3) is 10.9 Å². The number of aromatic nitrogens is 1. The third-order valence-electron chi connectivity index (χ3n) is 3.24. The highest BCUT2D eigenvalue weighted by Crippen LogP contribution is 2.30. The van der Waals surface area contributed by atoms with Crippen LogP contribution in [0.15, 0.2) is 24.4 Å². The molecule has 0 aliphatic heterocycles. The van der Waals surface area contributed by atoms with Gasteiger partial charge in [-0.05, 0) is 31.9 Å². The first-order valence-electron chi connectivity index (χ1n) is 6.02. The summed E-state index contributed by atoms with van der Waals surface area (Å²) in [6.07, 6.45) is 2.07. The molecule has 0 amide bonds. The second-order valence-electron chi connectivity index (χ2n) is 4.85. The molecule has 0 saturated heterocycles. The van der Waals surface area contributed by atoms with Crippen molar-refractivity contribution in [3.63, 3.8) is 0 Å². The summed E-state index contributed by atoms with van der Waals surface area (Å²) in [5.41, 5.74) is 9.45. The van der Waals surface area contributed by atoms with Crippen molar-refractivity contribution in [1.29, 1.82) is 0 Å². The van der Waals surface area contributed by atoms with Crippen molar-refractivity contribution in [2.24, 2.45) is 5.73 Å². The van der Waals surface area contributed by atoms with Crippen molar-refractivity contribution in [3.05, 3.63) is 35.5 Å². The van der Waals surface area contributed by atoms with Crippen LogP contribution in [0.2, 0.25) is 0 Å². The van der Waals surface area contributed by atoms with Crippen molar-refractivity contribution >= 4 is 10.9 Å². The summed E-state index contributed by atoms with van der Waals surface area (Å²) in [6.45, 7) is 6.39. The lowest BCUT2D eigenvalue weighted by Gasteiger charge is -2.10. The molecule has 0 bridgehead atoms. The number of aliphatic hydroxyl groups is 1. The molecule has 3 N–H and O–H groups in total. The first kappa shape index (κ1) is 12.1. The lowest BCUT2D eigenvalue weighted by atomic mass is 10.1. The van der Waals surface area contributed by atoms with Gasteiger partial charge >= 0.3 is 0 Å². The molecule has 0 aliphatic rings. The van der Waals surface area contributed by atoms with E-state index < -0.39 is 0 Å². The highest BCUT2D eigenvalue weighted by molar-refractivity contribution is 5.87. The molecular formula is C14H20N2O. The second kappa shape index (κ2) is 4.51. The SMILES string of the molecule is Cc1cccc2c(C(N)CO)cn(C(C)C)c12. The minimum absolute atomic E-state index is 0.0227. The van der Waals surface area contributed by atoms with E-state index in [9.17, 15) is 5.11 Å². The minimum Gasteiger partial charge on any atom is -0.394 e. The molecule has 1 unspecified atom stereocenters. The van der Waals surface area contributed by atoms with E-state index in [4.69, 9.17) is 5.73 Å². The van der Waals surface area contributed by atoms with E-state index in [0.717, 1.165) is 10.9 Å². The fourth-order valence-corrected chi connectivity index (χ4v) is 2.32. The Morgan fingerprint density at radius 2 is 2.06 bits per heavy atom. The van der Waals surface area contributed by atoms with E-state index in [2.05, 4.69) is 43.7 Å². The largest absolute Gasteiger partial charge is 0.394 e. The standard InChI is InChI=1S/C14H20N2O/c1-9(2)16-7-12(13(15)8-17)11-6-4-5-10(3)14(11)16/h4-7,9,13,17H,8,15H2,1-3H3. The Kier molecular flexibility index (Phi) is 3.22. The molecule has 3 nitrogen and oxygen atoms in total. The van der Waals surface area contributed by atoms with Gasteiger partial charge in [-0.15, -0.1) is 0 Å². The number of nitrogens with zero attached hydrogens (tertiary/aromatic N) is 1. The topological polar surface area (TPSA) is 51.2 Å². The van der Waals surface area contributed by atoms with Gasteiger partial charge in [0, 0.05) is 17.6 Å². The number of para-hydroxylation sites is 1. The maximum atomic E-state index is 9.23. The van der Waals surface area contributed by atoms with Crippen molar-refractivity contribution in [3.8, 4) is 0 Å². The van der Waals surface area contributed by atoms with Crippen molar-refractivity contribution in [2.45, 2.75) is 32.9 Å². The molecule has 0 fully saturated rings. The summed E-state index contributed by atoms with van der Waals surface area (Å²) in [6, 6.07) is 6.30. The predicted octanol–water partition coefficient (Wildman–Crippen LogP) is 2.52. The predicted molar refractivity (Wildman–Crippen MR) is 71.1 cm³/mol. The number of benzene rings is 1. The third-order valence-corrected chi connectivity index (χ3v) is 3.24. The molecule has 2 rings (SSSR count). The summed E-state index contributed by atoms with van der Waals surface area (Å²) in [7, 11) is 0. The van der Waals surface area contributed by atoms with Crippen molar-refractivity contribution in [1.82, 2.24) is 4.57 Å². The highest BCUT2D eigenvalue weighted by atomic mass is 16.3. The highest BCUT2D eigenvalue weighted by Gasteiger charge is 2.16. The molecule has 2 aromatic rings. The fourth-order valence-electron chi connectivity index (χ4n) is 2.32. The van der Waals surface area contributed by atoms with Gasteiger partial charge < -0.3 is 15.4 Å². The number of nitrogens with two attached hydrogens (primary N) is 1. The van der Waals surface area contributed by atoms with Crippen LogP contribution in [0.5, 0.6) is 0 Å². The molecule has 1 atom stereocenters. The van der Waals surface area contributed by atoms with E-state index in [-0.39, 0.29) is 12.6 Å². The average molecular weight is 232 g/mol. The van der Waals surface area contributed by atoms with Gasteiger partial charge in [-0.25, -0.2) is 0 Å². The van der Waals surface area contributed by atoms with E-state index in [1.807, 2.05) is 6.07 Å². The Hall–Kier alpha value is -1.32. The van der Waals surface area contributed by atoms with Crippen LogP contribution in [0, 0.1) is 6.92 Å². The van der Waals surface area contributed by atoms with E-state index in [0.29, 0.717) is 6.04 Å². The van der Waals surface area contributed by atoms with Gasteiger partial charge in [-0.1, -0.05) is 18.2 Å². The monoisotopic (exact) mass is 232 g/mol. The summed E-state index contributed by atoms with van der Waals surface area (Å²) in [5.74, 6) is 0. The number of aryl methyl sites for hydroxylation is 1. The lowest BCUT2D eigenvalue weighted by Crippen LogP contribution is -2.14. The third kappa shape index (κ3) is 1.96. The van der Waals surface area contributed by atoms with E-state index in [1.165, 1.54) is 11.1 Å². The molecule has 0 radical (unpaired) electrons. The zero-order valence-corrected chi connectivity index (χ0v) is 10.6. The van der Waals surface area contributed by atoms with Gasteiger partial charge in [0.2, 0.25) is 0 Å². The Balaban J connectivity index is 2.75. The van der Waals surface area contributed by atoms with Crippen LogP contribution in [0.4, 0.5) is 0 Å². The first-order valence-corrected chi connectivity index (χ1v) is 6.02. The zero-order valence-electron chi connectivity index (χ0n) is 10.6. The average Bonchev–Trinajstić information content (AvgIpc) is 2.69. The van der Waals surface area contributed by atoms with Crippen LogP contribution in [0.1, 0.15) is 37.1 Å². The second-order valence-corrected chi connectivity index (χ2v) is 4.85. The van der Waals surface area contributed by atoms with Gasteiger partial charge in [0.1, 0.15) is 0 Å². The van der Waals surface area contributed by atoms with Crippen LogP contribution < -0.4 is 5.73 Å². The Morgan fingerprint density at radius 1 is 1.35 bits per heavy atom. The van der Waals surface area contributed by atoms with Crippen molar-refractivity contribution in [2.75, 3.05) is 6.61 Å². The molecule has 1 aromatic carbocycles. The summed E-state index contributed by atoms with van der Waals surface area (Å²) >= 11 is 0. The van der Waals surface area contributed by atoms with Gasteiger partial charge in [-0.3, -0.25) is 0 Å². The Morgan fingerprint density at radius 3 is 2.65 bits per heavy atom. The molecule has 1 aromatic heterocycles. The minimum atomic E-state index is -0.306. The summed E-state index contributed by atoms with van der Waals surface area (Å²) in [4.78, 5) is 0. The maximum absolute atomic E-state index is 9.23. The summed E-state index contributed by atoms with van der Waals surface area (Å²) < 4.78 is 2.23. The smallest absolute Gasteiger partial charge is 0.0625 e. The van der Waals surface area contributed by atoms with Crippen LogP contribution >= 0.6 is 0 Å². The Bertz CT molecular complexity index is 528. The molecule has 3 heteroatoms. The molecule has 17 heavy (non-hydrogen) atoms. The van der Waals surface area contributed by atoms with Crippen molar-refractivity contribution < 1.29 is 5.11 Å². The quantitative estimate of drug-likeness (QED) is 0.854. The fraction of sp³-hybridized carbons (Fsp3) is 0.429. The normalized spacial score (nSPS) is 13.5. The number of fused-ring (bicyclic) bond motifs is 1. The van der Waals surface area contributed by atoms with Crippen LogP contribution in [-0.4, -0.2) is 16.3 Å². The van der Waals surface area contributed by atoms with E-state index >= 15 is 0 Å². The molecule has 92 valence electrons. The molecule has 0 aliphatic carbocycles. The molecule has 1 heterocycles.